The van der Waals surface area contributed by atoms with Gasteiger partial charge in [0, 0.05) is 30.6 Å². The van der Waals surface area contributed by atoms with E-state index in [0.29, 0.717) is 5.82 Å². The van der Waals surface area contributed by atoms with Crippen molar-refractivity contribution in [3.63, 3.8) is 0 Å². The van der Waals surface area contributed by atoms with Crippen molar-refractivity contribution in [2.45, 2.75) is 0 Å². The first-order valence-electron chi connectivity index (χ1n) is 8.17. The maximum atomic E-state index is 11.6. The number of thiocarbonyl (C=S) groups is 1. The summed E-state index contributed by atoms with van der Waals surface area (Å²) >= 11 is 5.18. The molecule has 10 heteroatoms. The van der Waals surface area contributed by atoms with Crippen molar-refractivity contribution >= 4 is 40.1 Å². The summed E-state index contributed by atoms with van der Waals surface area (Å²) in [7, 11) is 5.48. The highest BCUT2D eigenvalue weighted by Gasteiger charge is 2.07. The van der Waals surface area contributed by atoms with Crippen LogP contribution in [0.2, 0.25) is 0 Å². The average Bonchev–Trinajstić information content (AvgIpc) is 3.05. The Balaban J connectivity index is 1.70. The van der Waals surface area contributed by atoms with Crippen LogP contribution in [0, 0.1) is 0 Å². The Labute approximate surface area is 161 Å². The molecule has 0 bridgehead atoms. The molecule has 3 aromatic rings. The molecule has 0 atom stereocenters. The third-order valence-corrected chi connectivity index (χ3v) is 3.80. The smallest absolute Gasteiger partial charge is 0.252 e. The van der Waals surface area contributed by atoms with Crippen molar-refractivity contribution in [3.8, 4) is 11.1 Å². The molecule has 3 heterocycles. The Hall–Kier alpha value is -3.11. The zero-order valence-electron chi connectivity index (χ0n) is 15.2. The fourth-order valence-corrected chi connectivity index (χ4v) is 2.56. The predicted molar refractivity (Wildman–Crippen MR) is 108 cm³/mol. The zero-order valence-corrected chi connectivity index (χ0v) is 16.0. The number of nitrogens with one attached hydrogen (secondary N) is 3. The molecule has 3 aromatic heterocycles. The topological polar surface area (TPSA) is 100 Å². The van der Waals surface area contributed by atoms with Crippen LogP contribution in [0.1, 0.15) is 0 Å². The molecule has 1 amide bonds. The minimum atomic E-state index is -0.194. The molecule has 9 nitrogen and oxygen atoms in total. The largest absolute Gasteiger partial charge is 0.316 e. The maximum Gasteiger partial charge on any atom is 0.252 e. The van der Waals surface area contributed by atoms with E-state index in [2.05, 4.69) is 31.2 Å². The van der Waals surface area contributed by atoms with Gasteiger partial charge in [-0.2, -0.15) is 5.10 Å². The van der Waals surface area contributed by atoms with Crippen LogP contribution in [-0.4, -0.2) is 56.3 Å². The van der Waals surface area contributed by atoms with Gasteiger partial charge < -0.3 is 10.2 Å². The number of hydrazine groups is 1. The lowest BCUT2D eigenvalue weighted by Crippen LogP contribution is -2.46. The molecular weight excluding hydrogens is 364 g/mol. The normalized spacial score (nSPS) is 10.8. The second kappa shape index (κ2) is 8.06. The molecule has 0 aliphatic heterocycles. The molecular formula is C17H20N8OS. The monoisotopic (exact) mass is 384 g/mol. The standard InChI is InChI=1S/C17H20N8OS/c1-24(2)10-16(26)22-23-17(27)21-15-5-4-13-14(20-15)6-11(7-18-13)12-8-19-25(3)9-12/h4-9H,10H2,1-3H3,(H,22,26)(H2,20,21,23,27). The number of rotatable bonds is 4. The molecule has 0 saturated heterocycles. The van der Waals surface area contributed by atoms with Crippen LogP contribution < -0.4 is 16.2 Å². The van der Waals surface area contributed by atoms with Gasteiger partial charge >= 0.3 is 0 Å². The number of carbonyl (C=O) groups is 1. The third-order valence-electron chi connectivity index (χ3n) is 3.59. The summed E-state index contributed by atoms with van der Waals surface area (Å²) in [6, 6.07) is 5.57. The van der Waals surface area contributed by atoms with Crippen molar-refractivity contribution < 1.29 is 4.79 Å². The number of pyridine rings is 2. The summed E-state index contributed by atoms with van der Waals surface area (Å²) in [4.78, 5) is 22.4. The van der Waals surface area contributed by atoms with E-state index in [4.69, 9.17) is 12.2 Å². The van der Waals surface area contributed by atoms with Gasteiger partial charge in [0.2, 0.25) is 0 Å². The SMILES string of the molecule is CN(C)CC(=O)NNC(=S)Nc1ccc2ncc(-c3cnn(C)c3)cc2n1. The van der Waals surface area contributed by atoms with Gasteiger partial charge in [-0.3, -0.25) is 25.3 Å². The van der Waals surface area contributed by atoms with Crippen molar-refractivity contribution in [2.24, 2.45) is 7.05 Å². The van der Waals surface area contributed by atoms with E-state index >= 15 is 0 Å². The van der Waals surface area contributed by atoms with Gasteiger partial charge in [0.1, 0.15) is 5.82 Å². The predicted octanol–water partition coefficient (Wildman–Crippen LogP) is 0.910. The molecule has 0 aliphatic carbocycles. The number of hydrogen-bond donors (Lipinski definition) is 3. The fourth-order valence-electron chi connectivity index (χ4n) is 2.41. The Bertz CT molecular complexity index is 984. The third kappa shape index (κ3) is 4.96. The molecule has 0 radical (unpaired) electrons. The molecule has 0 saturated carbocycles. The summed E-state index contributed by atoms with van der Waals surface area (Å²) < 4.78 is 1.74. The van der Waals surface area contributed by atoms with Crippen LogP contribution in [0.25, 0.3) is 22.2 Å². The second-order valence-electron chi connectivity index (χ2n) is 6.23. The lowest BCUT2D eigenvalue weighted by atomic mass is 10.1. The van der Waals surface area contributed by atoms with Crippen LogP contribution in [0.15, 0.2) is 36.8 Å². The highest BCUT2D eigenvalue weighted by Crippen LogP contribution is 2.22. The Kier molecular flexibility index (Phi) is 5.57. The van der Waals surface area contributed by atoms with Gasteiger partial charge in [0.25, 0.3) is 5.91 Å². The molecule has 0 spiro atoms. The van der Waals surface area contributed by atoms with E-state index in [9.17, 15) is 4.79 Å². The Morgan fingerprint density at radius 3 is 2.70 bits per heavy atom. The first kappa shape index (κ1) is 18.7. The van der Waals surface area contributed by atoms with Crippen molar-refractivity contribution in [3.05, 3.63) is 36.8 Å². The van der Waals surface area contributed by atoms with E-state index in [0.717, 1.165) is 22.2 Å². The highest BCUT2D eigenvalue weighted by atomic mass is 32.1. The van der Waals surface area contributed by atoms with E-state index in [1.807, 2.05) is 39.5 Å². The number of hydrogen-bond acceptors (Lipinski definition) is 6. The van der Waals surface area contributed by atoms with Crippen molar-refractivity contribution in [1.29, 1.82) is 0 Å². The lowest BCUT2D eigenvalue weighted by molar-refractivity contribution is -0.122. The van der Waals surface area contributed by atoms with Crippen LogP contribution in [-0.2, 0) is 11.8 Å². The van der Waals surface area contributed by atoms with Gasteiger partial charge in [-0.25, -0.2) is 4.98 Å². The molecule has 3 N–H and O–H groups in total. The van der Waals surface area contributed by atoms with E-state index in [-0.39, 0.29) is 17.6 Å². The van der Waals surface area contributed by atoms with Gasteiger partial charge in [-0.05, 0) is 44.5 Å². The molecule has 140 valence electrons. The minimum Gasteiger partial charge on any atom is -0.316 e. The van der Waals surface area contributed by atoms with Crippen LogP contribution >= 0.6 is 12.2 Å². The molecule has 0 fully saturated rings. The first-order chi connectivity index (χ1) is 12.9. The van der Waals surface area contributed by atoms with Gasteiger partial charge in [0.05, 0.1) is 23.8 Å². The van der Waals surface area contributed by atoms with Crippen molar-refractivity contribution in [2.75, 3.05) is 26.0 Å². The van der Waals surface area contributed by atoms with Crippen LogP contribution in [0.4, 0.5) is 5.82 Å². The molecule has 0 aliphatic rings. The summed E-state index contributed by atoms with van der Waals surface area (Å²) in [5.74, 6) is 0.355. The highest BCUT2D eigenvalue weighted by molar-refractivity contribution is 7.80. The van der Waals surface area contributed by atoms with Gasteiger partial charge in [-0.15, -0.1) is 0 Å². The van der Waals surface area contributed by atoms with Gasteiger partial charge in [0.15, 0.2) is 5.11 Å². The fraction of sp³-hybridized carbons (Fsp3) is 0.235. The molecule has 3 rings (SSSR count). The summed E-state index contributed by atoms with van der Waals surface area (Å²) in [6.07, 6.45) is 5.49. The van der Waals surface area contributed by atoms with E-state index in [1.165, 1.54) is 0 Å². The Morgan fingerprint density at radius 2 is 2.00 bits per heavy atom. The van der Waals surface area contributed by atoms with Crippen LogP contribution in [0.3, 0.4) is 0 Å². The second-order valence-corrected chi connectivity index (χ2v) is 6.63. The van der Waals surface area contributed by atoms with Crippen molar-refractivity contribution in [1.82, 2.24) is 35.5 Å². The molecule has 27 heavy (non-hydrogen) atoms. The minimum absolute atomic E-state index is 0.194. The summed E-state index contributed by atoms with van der Waals surface area (Å²) in [6.45, 7) is 0.257. The first-order valence-corrected chi connectivity index (χ1v) is 8.58. The maximum absolute atomic E-state index is 11.6. The number of nitrogens with zero attached hydrogens (tertiary/aromatic N) is 5. The van der Waals surface area contributed by atoms with Gasteiger partial charge in [-0.1, -0.05) is 0 Å². The number of aryl methyl sites for hydroxylation is 1. The molecule has 0 unspecified atom stereocenters. The van der Waals surface area contributed by atoms with Crippen LogP contribution in [0.5, 0.6) is 0 Å². The number of aromatic nitrogens is 4. The van der Waals surface area contributed by atoms with E-state index in [1.54, 1.807) is 28.0 Å². The molecule has 0 aromatic carbocycles. The van der Waals surface area contributed by atoms with E-state index < -0.39 is 0 Å². The number of amides is 1. The number of fused-ring (bicyclic) bond motifs is 1. The number of anilines is 1. The number of carbonyl (C=O) groups excluding carboxylic acids is 1. The number of likely N-dealkylation sites (N-methyl/N-ethyl adjacent to an activating group) is 1. The Morgan fingerprint density at radius 1 is 1.19 bits per heavy atom. The summed E-state index contributed by atoms with van der Waals surface area (Å²) in [5.41, 5.74) is 8.56. The average molecular weight is 384 g/mol. The zero-order chi connectivity index (χ0) is 19.4. The lowest BCUT2D eigenvalue weighted by Gasteiger charge is -2.13. The quantitative estimate of drug-likeness (QED) is 0.451. The summed E-state index contributed by atoms with van der Waals surface area (Å²) in [5, 5.41) is 7.36.